The first-order chi connectivity index (χ1) is 8.26. The molecule has 1 aromatic rings. The van der Waals surface area contributed by atoms with E-state index >= 15 is 0 Å². The van der Waals surface area contributed by atoms with Gasteiger partial charge in [0, 0.05) is 0 Å². The molecule has 1 saturated heterocycles. The summed E-state index contributed by atoms with van der Waals surface area (Å²) in [6.07, 6.45) is -0.0559. The molecule has 1 aliphatic rings. The minimum Gasteiger partial charge on any atom is -0.495 e. The van der Waals surface area contributed by atoms with E-state index in [9.17, 15) is 0 Å². The number of hydrogen-bond acceptors (Lipinski definition) is 4. The molecule has 0 bridgehead atoms. The van der Waals surface area contributed by atoms with Crippen LogP contribution in [0.2, 0.25) is 0 Å². The highest BCUT2D eigenvalue weighted by molar-refractivity contribution is 9.10. The van der Waals surface area contributed by atoms with Gasteiger partial charge in [-0.05, 0) is 33.6 Å². The van der Waals surface area contributed by atoms with Crippen molar-refractivity contribution in [2.75, 3.05) is 34.0 Å². The molecule has 1 fully saturated rings. The molecule has 0 spiro atoms. The van der Waals surface area contributed by atoms with Crippen molar-refractivity contribution in [2.45, 2.75) is 6.10 Å². The molecular formula is C12H15BrO4. The molecule has 1 atom stereocenters. The molecule has 0 aromatic heterocycles. The summed E-state index contributed by atoms with van der Waals surface area (Å²) in [6, 6.07) is 3.87. The summed E-state index contributed by atoms with van der Waals surface area (Å²) in [4.78, 5) is 0. The Kier molecular flexibility index (Phi) is 4.25. The fourth-order valence-corrected chi connectivity index (χ4v) is 2.31. The van der Waals surface area contributed by atoms with Crippen molar-refractivity contribution < 1.29 is 18.9 Å². The Morgan fingerprint density at radius 1 is 1.18 bits per heavy atom. The fraction of sp³-hybridized carbons (Fsp3) is 0.500. The van der Waals surface area contributed by atoms with E-state index < -0.39 is 0 Å². The van der Waals surface area contributed by atoms with Crippen LogP contribution in [0.4, 0.5) is 0 Å². The zero-order valence-electron chi connectivity index (χ0n) is 9.86. The normalized spacial score (nSPS) is 20.1. The van der Waals surface area contributed by atoms with Gasteiger partial charge in [0.05, 0.1) is 34.0 Å². The summed E-state index contributed by atoms with van der Waals surface area (Å²) in [5.41, 5.74) is 1.00. The van der Waals surface area contributed by atoms with Gasteiger partial charge in [0.2, 0.25) is 0 Å². The second-order valence-corrected chi connectivity index (χ2v) is 4.47. The average molecular weight is 303 g/mol. The first-order valence-electron chi connectivity index (χ1n) is 5.37. The minimum absolute atomic E-state index is 0.0559. The van der Waals surface area contributed by atoms with Gasteiger partial charge in [0.15, 0.2) is 0 Å². The van der Waals surface area contributed by atoms with Crippen molar-refractivity contribution >= 4 is 15.9 Å². The van der Waals surface area contributed by atoms with Crippen LogP contribution in [0.1, 0.15) is 11.7 Å². The van der Waals surface area contributed by atoms with Crippen LogP contribution in [0.15, 0.2) is 16.6 Å². The molecule has 1 heterocycles. The summed E-state index contributed by atoms with van der Waals surface area (Å²) in [7, 11) is 3.25. The van der Waals surface area contributed by atoms with Crippen LogP contribution in [-0.2, 0) is 9.47 Å². The van der Waals surface area contributed by atoms with Gasteiger partial charge in [-0.1, -0.05) is 0 Å². The largest absolute Gasteiger partial charge is 0.495 e. The first kappa shape index (κ1) is 12.7. The lowest BCUT2D eigenvalue weighted by atomic mass is 10.1. The molecule has 0 aliphatic carbocycles. The minimum atomic E-state index is -0.0559. The lowest BCUT2D eigenvalue weighted by Crippen LogP contribution is -2.22. The van der Waals surface area contributed by atoms with E-state index in [1.807, 2.05) is 12.1 Å². The number of ether oxygens (including phenoxy) is 4. The Morgan fingerprint density at radius 3 is 2.29 bits per heavy atom. The van der Waals surface area contributed by atoms with E-state index in [2.05, 4.69) is 15.9 Å². The Hall–Kier alpha value is -0.780. The summed E-state index contributed by atoms with van der Waals surface area (Å²) in [5, 5.41) is 0. The van der Waals surface area contributed by atoms with Gasteiger partial charge in [0.25, 0.3) is 0 Å². The SMILES string of the molecule is COc1cc([C@@H]2COCCO2)cc(OC)c1Br. The Labute approximate surface area is 109 Å². The van der Waals surface area contributed by atoms with Gasteiger partial charge in [0.1, 0.15) is 22.1 Å². The third kappa shape index (κ3) is 2.73. The van der Waals surface area contributed by atoms with Crippen molar-refractivity contribution in [3.63, 3.8) is 0 Å². The number of rotatable bonds is 3. The second-order valence-electron chi connectivity index (χ2n) is 3.67. The topological polar surface area (TPSA) is 36.9 Å². The van der Waals surface area contributed by atoms with Gasteiger partial charge >= 0.3 is 0 Å². The quantitative estimate of drug-likeness (QED) is 0.860. The number of benzene rings is 1. The predicted molar refractivity (Wildman–Crippen MR) is 66.8 cm³/mol. The van der Waals surface area contributed by atoms with E-state index in [-0.39, 0.29) is 6.10 Å². The average Bonchev–Trinajstić information content (AvgIpc) is 2.40. The number of halogens is 1. The van der Waals surface area contributed by atoms with Crippen molar-refractivity contribution in [3.05, 3.63) is 22.2 Å². The molecule has 1 aliphatic heterocycles. The third-order valence-electron chi connectivity index (χ3n) is 2.66. The maximum atomic E-state index is 5.65. The summed E-state index contributed by atoms with van der Waals surface area (Å²) in [5.74, 6) is 1.46. The van der Waals surface area contributed by atoms with E-state index in [0.29, 0.717) is 19.8 Å². The molecule has 4 nitrogen and oxygen atoms in total. The van der Waals surface area contributed by atoms with Gasteiger partial charge in [-0.2, -0.15) is 0 Å². The molecule has 2 rings (SSSR count). The van der Waals surface area contributed by atoms with Crippen LogP contribution in [0.5, 0.6) is 11.5 Å². The smallest absolute Gasteiger partial charge is 0.137 e. The summed E-state index contributed by atoms with van der Waals surface area (Å²) >= 11 is 3.44. The van der Waals surface area contributed by atoms with Crippen LogP contribution in [0.25, 0.3) is 0 Å². The zero-order valence-corrected chi connectivity index (χ0v) is 11.5. The van der Waals surface area contributed by atoms with E-state index in [4.69, 9.17) is 18.9 Å². The number of hydrogen-bond donors (Lipinski definition) is 0. The molecule has 94 valence electrons. The monoisotopic (exact) mass is 302 g/mol. The maximum absolute atomic E-state index is 5.65. The van der Waals surface area contributed by atoms with Crippen LogP contribution in [0.3, 0.4) is 0 Å². The summed E-state index contributed by atoms with van der Waals surface area (Å²) in [6.45, 7) is 1.83. The number of methoxy groups -OCH3 is 2. The van der Waals surface area contributed by atoms with Gasteiger partial charge in [-0.25, -0.2) is 0 Å². The second kappa shape index (κ2) is 5.71. The molecule has 0 saturated carbocycles. The van der Waals surface area contributed by atoms with Crippen molar-refractivity contribution in [1.29, 1.82) is 0 Å². The molecule has 0 amide bonds. The third-order valence-corrected chi connectivity index (χ3v) is 3.44. The summed E-state index contributed by atoms with van der Waals surface area (Å²) < 4.78 is 22.4. The van der Waals surface area contributed by atoms with E-state index in [1.54, 1.807) is 14.2 Å². The molecule has 17 heavy (non-hydrogen) atoms. The Balaban J connectivity index is 2.33. The van der Waals surface area contributed by atoms with Gasteiger partial charge < -0.3 is 18.9 Å². The zero-order chi connectivity index (χ0) is 12.3. The lowest BCUT2D eigenvalue weighted by Gasteiger charge is -2.24. The van der Waals surface area contributed by atoms with Crippen molar-refractivity contribution in [3.8, 4) is 11.5 Å². The first-order valence-corrected chi connectivity index (χ1v) is 6.16. The van der Waals surface area contributed by atoms with Gasteiger partial charge in [-0.15, -0.1) is 0 Å². The van der Waals surface area contributed by atoms with Gasteiger partial charge in [-0.3, -0.25) is 0 Å². The van der Waals surface area contributed by atoms with Crippen molar-refractivity contribution in [1.82, 2.24) is 0 Å². The lowest BCUT2D eigenvalue weighted by molar-refractivity contribution is -0.0902. The predicted octanol–water partition coefficient (Wildman–Crippen LogP) is 2.55. The van der Waals surface area contributed by atoms with Crippen LogP contribution in [0, 0.1) is 0 Å². The van der Waals surface area contributed by atoms with Crippen molar-refractivity contribution in [2.24, 2.45) is 0 Å². The highest BCUT2D eigenvalue weighted by Gasteiger charge is 2.20. The van der Waals surface area contributed by atoms with Crippen LogP contribution >= 0.6 is 15.9 Å². The molecule has 1 aromatic carbocycles. The molecule has 0 radical (unpaired) electrons. The highest BCUT2D eigenvalue weighted by atomic mass is 79.9. The highest BCUT2D eigenvalue weighted by Crippen LogP contribution is 2.38. The molecular weight excluding hydrogens is 288 g/mol. The van der Waals surface area contributed by atoms with E-state index in [1.165, 1.54) is 0 Å². The van der Waals surface area contributed by atoms with E-state index in [0.717, 1.165) is 21.5 Å². The fourth-order valence-electron chi connectivity index (χ4n) is 1.76. The Bertz CT molecular complexity index is 363. The Morgan fingerprint density at radius 2 is 1.82 bits per heavy atom. The standard InChI is InChI=1S/C12H15BrO4/c1-14-9-5-8(6-10(15-2)12(9)13)11-7-16-3-4-17-11/h5-6,11H,3-4,7H2,1-2H3/t11-/m0/s1. The van der Waals surface area contributed by atoms with Crippen LogP contribution in [-0.4, -0.2) is 34.0 Å². The molecule has 0 N–H and O–H groups in total. The maximum Gasteiger partial charge on any atom is 0.137 e. The molecule has 0 unspecified atom stereocenters. The molecule has 5 heteroatoms. The van der Waals surface area contributed by atoms with Crippen LogP contribution < -0.4 is 9.47 Å².